The second-order valence-corrected chi connectivity index (χ2v) is 8.21. The molecule has 0 bridgehead atoms. The van der Waals surface area contributed by atoms with Crippen LogP contribution in [-0.4, -0.2) is 27.0 Å². The molecule has 0 fully saturated rings. The first-order chi connectivity index (χ1) is 8.38. The van der Waals surface area contributed by atoms with Crippen molar-refractivity contribution in [1.82, 2.24) is 4.72 Å². The molecular weight excluding hydrogens is 402 g/mol. The fourth-order valence-electron chi connectivity index (χ4n) is 1.33. The zero-order chi connectivity index (χ0) is 13.8. The van der Waals surface area contributed by atoms with Crippen molar-refractivity contribution in [1.29, 1.82) is 0 Å². The van der Waals surface area contributed by atoms with Crippen LogP contribution >= 0.6 is 43.6 Å². The van der Waals surface area contributed by atoms with E-state index < -0.39 is 10.0 Å². The van der Waals surface area contributed by atoms with Crippen molar-refractivity contribution in [3.8, 4) is 0 Å². The number of rotatable bonds is 6. The third-order valence-electron chi connectivity index (χ3n) is 2.32. The van der Waals surface area contributed by atoms with Crippen LogP contribution in [0, 0.1) is 6.92 Å². The molecule has 18 heavy (non-hydrogen) atoms. The first-order valence-corrected chi connectivity index (χ1v) is 9.79. The van der Waals surface area contributed by atoms with Gasteiger partial charge in [-0.25, -0.2) is 13.1 Å². The largest absolute Gasteiger partial charge is 0.241 e. The van der Waals surface area contributed by atoms with E-state index in [1.54, 1.807) is 23.9 Å². The van der Waals surface area contributed by atoms with Gasteiger partial charge in [0.2, 0.25) is 10.0 Å². The molecule has 0 unspecified atom stereocenters. The van der Waals surface area contributed by atoms with Crippen molar-refractivity contribution in [2.45, 2.75) is 18.2 Å². The van der Waals surface area contributed by atoms with Crippen molar-refractivity contribution in [3.63, 3.8) is 0 Å². The lowest BCUT2D eigenvalue weighted by Gasteiger charge is -2.10. The predicted molar refractivity (Wildman–Crippen MR) is 84.8 cm³/mol. The third-order valence-corrected chi connectivity index (χ3v) is 6.29. The average molecular weight is 417 g/mol. The number of hydrogen-bond acceptors (Lipinski definition) is 3. The van der Waals surface area contributed by atoms with E-state index in [1.165, 1.54) is 0 Å². The highest BCUT2D eigenvalue weighted by molar-refractivity contribution is 9.11. The Labute approximate surface area is 129 Å². The van der Waals surface area contributed by atoms with Gasteiger partial charge >= 0.3 is 0 Å². The van der Waals surface area contributed by atoms with Crippen molar-refractivity contribution in [2.75, 3.05) is 18.6 Å². The molecule has 1 N–H and O–H groups in total. The number of benzene rings is 1. The van der Waals surface area contributed by atoms with Crippen LogP contribution in [0.15, 0.2) is 26.0 Å². The second-order valence-electron chi connectivity index (χ2n) is 3.78. The lowest BCUT2D eigenvalue weighted by atomic mass is 10.2. The molecule has 0 radical (unpaired) electrons. The quantitative estimate of drug-likeness (QED) is 0.721. The van der Waals surface area contributed by atoms with Crippen LogP contribution in [0.25, 0.3) is 0 Å². The second kappa shape index (κ2) is 7.28. The third kappa shape index (κ3) is 4.52. The van der Waals surface area contributed by atoms with E-state index in [9.17, 15) is 8.42 Å². The molecule has 0 amide bonds. The monoisotopic (exact) mass is 415 g/mol. The Hall–Kier alpha value is 0.440. The number of halogens is 2. The Balaban J connectivity index is 2.88. The summed E-state index contributed by atoms with van der Waals surface area (Å²) < 4.78 is 28.2. The summed E-state index contributed by atoms with van der Waals surface area (Å²) in [6.45, 7) is 2.37. The van der Waals surface area contributed by atoms with Gasteiger partial charge in [0, 0.05) is 15.5 Å². The Morgan fingerprint density at radius 3 is 2.56 bits per heavy atom. The highest BCUT2D eigenvalue weighted by atomic mass is 79.9. The Kier molecular flexibility index (Phi) is 6.67. The van der Waals surface area contributed by atoms with Gasteiger partial charge in [-0.15, -0.1) is 0 Å². The van der Waals surface area contributed by atoms with E-state index in [0.717, 1.165) is 22.2 Å². The summed E-state index contributed by atoms with van der Waals surface area (Å²) in [5.74, 6) is 0.946. The zero-order valence-corrected chi connectivity index (χ0v) is 15.0. The summed E-state index contributed by atoms with van der Waals surface area (Å²) in [5, 5.41) is 0. The first kappa shape index (κ1) is 16.5. The van der Waals surface area contributed by atoms with Crippen LogP contribution in [0.2, 0.25) is 0 Å². The van der Waals surface area contributed by atoms with Crippen LogP contribution in [0.5, 0.6) is 0 Å². The van der Waals surface area contributed by atoms with Crippen LogP contribution < -0.4 is 4.72 Å². The molecule has 0 saturated heterocycles. The summed E-state index contributed by atoms with van der Waals surface area (Å²) in [4.78, 5) is 0.268. The maximum absolute atomic E-state index is 12.1. The number of thioether (sulfide) groups is 1. The maximum atomic E-state index is 12.1. The van der Waals surface area contributed by atoms with Gasteiger partial charge in [0.1, 0.15) is 0 Å². The SMILES string of the molecule is CSCCCNS(=O)(=O)c1cc(Br)c(C)cc1Br. The highest BCUT2D eigenvalue weighted by Crippen LogP contribution is 2.28. The van der Waals surface area contributed by atoms with E-state index in [2.05, 4.69) is 36.6 Å². The minimum absolute atomic E-state index is 0.268. The molecule has 1 rings (SSSR count). The number of sulfonamides is 1. The minimum Gasteiger partial charge on any atom is -0.211 e. The summed E-state index contributed by atoms with van der Waals surface area (Å²) >= 11 is 8.35. The molecule has 0 aliphatic carbocycles. The molecule has 0 heterocycles. The average Bonchev–Trinajstić information content (AvgIpc) is 2.29. The van der Waals surface area contributed by atoms with Crippen molar-refractivity contribution >= 4 is 53.6 Å². The van der Waals surface area contributed by atoms with Gasteiger partial charge in [-0.05, 0) is 59.0 Å². The Morgan fingerprint density at radius 2 is 1.94 bits per heavy atom. The summed E-state index contributed by atoms with van der Waals surface area (Å²) in [7, 11) is -3.45. The van der Waals surface area contributed by atoms with Gasteiger partial charge in [0.25, 0.3) is 0 Å². The van der Waals surface area contributed by atoms with Gasteiger partial charge in [0.15, 0.2) is 0 Å². The van der Waals surface area contributed by atoms with E-state index in [1.807, 2.05) is 13.2 Å². The fraction of sp³-hybridized carbons (Fsp3) is 0.455. The molecule has 1 aromatic rings. The minimum atomic E-state index is -3.45. The molecule has 0 aromatic heterocycles. The summed E-state index contributed by atoms with van der Waals surface area (Å²) in [5.41, 5.74) is 0.989. The lowest BCUT2D eigenvalue weighted by molar-refractivity contribution is 0.580. The van der Waals surface area contributed by atoms with Crippen molar-refractivity contribution in [3.05, 3.63) is 26.6 Å². The van der Waals surface area contributed by atoms with E-state index in [4.69, 9.17) is 0 Å². The number of nitrogens with one attached hydrogen (secondary N) is 1. The summed E-state index contributed by atoms with van der Waals surface area (Å²) in [6, 6.07) is 3.41. The van der Waals surface area contributed by atoms with Crippen LogP contribution in [0.4, 0.5) is 0 Å². The first-order valence-electron chi connectivity index (χ1n) is 5.32. The standard InChI is InChI=1S/C11H15Br2NO2S2/c1-8-6-10(13)11(7-9(8)12)18(15,16)14-4-3-5-17-2/h6-7,14H,3-5H2,1-2H3. The Morgan fingerprint density at radius 1 is 1.28 bits per heavy atom. The smallest absolute Gasteiger partial charge is 0.211 e. The van der Waals surface area contributed by atoms with Crippen LogP contribution in [0.1, 0.15) is 12.0 Å². The van der Waals surface area contributed by atoms with Gasteiger partial charge in [-0.1, -0.05) is 15.9 Å². The van der Waals surface area contributed by atoms with E-state index >= 15 is 0 Å². The Bertz CT molecular complexity index is 518. The van der Waals surface area contributed by atoms with Crippen molar-refractivity contribution < 1.29 is 8.42 Å². The van der Waals surface area contributed by atoms with Gasteiger partial charge in [-0.2, -0.15) is 11.8 Å². The lowest BCUT2D eigenvalue weighted by Crippen LogP contribution is -2.25. The predicted octanol–water partition coefficient (Wildman–Crippen LogP) is 3.55. The van der Waals surface area contributed by atoms with Crippen molar-refractivity contribution in [2.24, 2.45) is 0 Å². The molecule has 3 nitrogen and oxygen atoms in total. The van der Waals surface area contributed by atoms with Crippen LogP contribution in [0.3, 0.4) is 0 Å². The van der Waals surface area contributed by atoms with Gasteiger partial charge in [0.05, 0.1) is 4.90 Å². The molecule has 1 aromatic carbocycles. The van der Waals surface area contributed by atoms with Gasteiger partial charge in [-0.3, -0.25) is 0 Å². The highest BCUT2D eigenvalue weighted by Gasteiger charge is 2.18. The molecule has 0 aliphatic rings. The molecule has 0 aliphatic heterocycles. The fourth-order valence-corrected chi connectivity index (χ4v) is 4.52. The number of aryl methyl sites for hydroxylation is 1. The summed E-state index contributed by atoms with van der Waals surface area (Å²) in [6.07, 6.45) is 2.83. The van der Waals surface area contributed by atoms with Gasteiger partial charge < -0.3 is 0 Å². The molecular formula is C11H15Br2NO2S2. The molecule has 0 spiro atoms. The van der Waals surface area contributed by atoms with E-state index in [-0.39, 0.29) is 4.90 Å². The van der Waals surface area contributed by atoms with E-state index in [0.29, 0.717) is 11.0 Å². The zero-order valence-electron chi connectivity index (χ0n) is 10.2. The number of hydrogen-bond donors (Lipinski definition) is 1. The molecule has 0 atom stereocenters. The normalized spacial score (nSPS) is 11.8. The maximum Gasteiger partial charge on any atom is 0.241 e. The van der Waals surface area contributed by atoms with Crippen LogP contribution in [-0.2, 0) is 10.0 Å². The molecule has 7 heteroatoms. The molecule has 0 saturated carbocycles. The topological polar surface area (TPSA) is 46.2 Å². The molecule has 102 valence electrons.